The molecule has 0 saturated carbocycles. The highest BCUT2D eigenvalue weighted by atomic mass is 79.9. The summed E-state index contributed by atoms with van der Waals surface area (Å²) in [5, 5.41) is 0. The number of rotatable bonds is 6. The topological polar surface area (TPSA) is 47.7 Å². The Morgan fingerprint density at radius 3 is 2.71 bits per heavy atom. The average Bonchev–Trinajstić information content (AvgIpc) is 2.48. The molecule has 2 N–H and O–H groups in total. The van der Waals surface area contributed by atoms with Crippen molar-refractivity contribution in [2.45, 2.75) is 26.3 Å². The number of nitrogens with two attached hydrogens (primary N) is 1. The van der Waals surface area contributed by atoms with E-state index in [0.717, 1.165) is 22.5 Å². The molecule has 0 bridgehead atoms. The van der Waals surface area contributed by atoms with Gasteiger partial charge in [-0.1, -0.05) is 20.3 Å². The molecule has 1 aromatic carbocycles. The van der Waals surface area contributed by atoms with Crippen molar-refractivity contribution in [1.82, 2.24) is 4.90 Å². The van der Waals surface area contributed by atoms with E-state index in [9.17, 15) is 0 Å². The molecule has 0 spiro atoms. The Morgan fingerprint density at radius 1 is 1.33 bits per heavy atom. The van der Waals surface area contributed by atoms with Gasteiger partial charge in [0.25, 0.3) is 0 Å². The summed E-state index contributed by atoms with van der Waals surface area (Å²) in [5.41, 5.74) is 7.19. The summed E-state index contributed by atoms with van der Waals surface area (Å²) in [7, 11) is 2.13. The van der Waals surface area contributed by atoms with Gasteiger partial charge in [-0.3, -0.25) is 4.90 Å². The van der Waals surface area contributed by atoms with E-state index in [1.807, 2.05) is 0 Å². The zero-order valence-electron chi connectivity index (χ0n) is 13.1. The molecular formula is C16H25BrN2O2. The van der Waals surface area contributed by atoms with Crippen LogP contribution in [0.5, 0.6) is 11.5 Å². The predicted octanol–water partition coefficient (Wildman–Crippen LogP) is 3.20. The van der Waals surface area contributed by atoms with Crippen LogP contribution >= 0.6 is 15.9 Å². The fourth-order valence-corrected chi connectivity index (χ4v) is 3.22. The van der Waals surface area contributed by atoms with Gasteiger partial charge in [-0.25, -0.2) is 0 Å². The van der Waals surface area contributed by atoms with Crippen molar-refractivity contribution >= 4 is 15.9 Å². The van der Waals surface area contributed by atoms with Gasteiger partial charge >= 0.3 is 0 Å². The van der Waals surface area contributed by atoms with E-state index in [1.165, 1.54) is 12.0 Å². The smallest absolute Gasteiger partial charge is 0.175 e. The molecule has 1 heterocycles. The summed E-state index contributed by atoms with van der Waals surface area (Å²) in [6.07, 6.45) is 1.17. The number of benzene rings is 1. The molecule has 1 aromatic rings. The fourth-order valence-electron chi connectivity index (χ4n) is 2.64. The van der Waals surface area contributed by atoms with Crippen LogP contribution in [0.15, 0.2) is 16.6 Å². The summed E-state index contributed by atoms with van der Waals surface area (Å²) >= 11 is 3.58. The van der Waals surface area contributed by atoms with E-state index in [-0.39, 0.29) is 6.04 Å². The van der Waals surface area contributed by atoms with Crippen LogP contribution in [-0.2, 0) is 0 Å². The first-order chi connectivity index (χ1) is 10.1. The zero-order valence-corrected chi connectivity index (χ0v) is 14.6. The first kappa shape index (κ1) is 16.6. The first-order valence-electron chi connectivity index (χ1n) is 7.56. The summed E-state index contributed by atoms with van der Waals surface area (Å²) in [6, 6.07) is 4.34. The first-order valence-corrected chi connectivity index (χ1v) is 8.35. The third kappa shape index (κ3) is 3.90. The third-order valence-electron chi connectivity index (χ3n) is 4.06. The highest BCUT2D eigenvalue weighted by Crippen LogP contribution is 2.40. The quantitative estimate of drug-likeness (QED) is 0.850. The second-order valence-electron chi connectivity index (χ2n) is 5.73. The maximum absolute atomic E-state index is 6.02. The lowest BCUT2D eigenvalue weighted by atomic mass is 10.0. The maximum atomic E-state index is 6.02. The number of nitrogens with zero attached hydrogens (tertiary/aromatic N) is 1. The van der Waals surface area contributed by atoms with Crippen LogP contribution in [0.1, 0.15) is 31.9 Å². The second-order valence-corrected chi connectivity index (χ2v) is 6.59. The van der Waals surface area contributed by atoms with Crippen LogP contribution < -0.4 is 15.2 Å². The number of hydrogen-bond donors (Lipinski definition) is 1. The zero-order chi connectivity index (χ0) is 15.4. The molecule has 2 rings (SSSR count). The van der Waals surface area contributed by atoms with Gasteiger partial charge in [0.2, 0.25) is 0 Å². The molecule has 21 heavy (non-hydrogen) atoms. The number of ether oxygens (including phenoxy) is 2. The SMILES string of the molecule is CCC(C)CN(C)C(CN)c1cc(Br)c2c(c1)OCCO2. The Morgan fingerprint density at radius 2 is 2.05 bits per heavy atom. The molecule has 0 radical (unpaired) electrons. The van der Waals surface area contributed by atoms with Gasteiger partial charge in [-0.2, -0.15) is 0 Å². The lowest BCUT2D eigenvalue weighted by Gasteiger charge is -2.30. The normalized spacial score (nSPS) is 16.9. The van der Waals surface area contributed by atoms with Crippen molar-refractivity contribution in [1.29, 1.82) is 0 Å². The van der Waals surface area contributed by atoms with Gasteiger partial charge in [0, 0.05) is 19.1 Å². The van der Waals surface area contributed by atoms with E-state index in [2.05, 4.69) is 53.9 Å². The number of fused-ring (bicyclic) bond motifs is 1. The highest BCUT2D eigenvalue weighted by Gasteiger charge is 2.22. The average molecular weight is 357 g/mol. The van der Waals surface area contributed by atoms with Gasteiger partial charge in [0.1, 0.15) is 13.2 Å². The standard InChI is InChI=1S/C16H25BrN2O2/c1-4-11(2)10-19(3)14(9-18)12-7-13(17)16-15(8-12)20-5-6-21-16/h7-8,11,14H,4-6,9-10,18H2,1-3H3. The van der Waals surface area contributed by atoms with Crippen molar-refractivity contribution in [3.05, 3.63) is 22.2 Å². The number of hydrogen-bond acceptors (Lipinski definition) is 4. The Hall–Kier alpha value is -0.780. The Balaban J connectivity index is 2.23. The minimum Gasteiger partial charge on any atom is -0.486 e. The predicted molar refractivity (Wildman–Crippen MR) is 89.0 cm³/mol. The molecule has 2 unspecified atom stereocenters. The summed E-state index contributed by atoms with van der Waals surface area (Å²) in [4.78, 5) is 2.33. The van der Waals surface area contributed by atoms with Crippen LogP contribution in [-0.4, -0.2) is 38.3 Å². The van der Waals surface area contributed by atoms with Crippen molar-refractivity contribution in [3.63, 3.8) is 0 Å². The molecule has 2 atom stereocenters. The van der Waals surface area contributed by atoms with E-state index < -0.39 is 0 Å². The van der Waals surface area contributed by atoms with Crippen molar-refractivity contribution in [2.75, 3.05) is 33.4 Å². The highest BCUT2D eigenvalue weighted by molar-refractivity contribution is 9.10. The molecular weight excluding hydrogens is 332 g/mol. The van der Waals surface area contributed by atoms with Crippen molar-refractivity contribution in [2.24, 2.45) is 11.7 Å². The molecule has 1 aliphatic heterocycles. The van der Waals surface area contributed by atoms with E-state index >= 15 is 0 Å². The van der Waals surface area contributed by atoms with Gasteiger partial charge in [0.15, 0.2) is 11.5 Å². The Bertz CT molecular complexity index is 482. The number of likely N-dealkylation sites (N-methyl/N-ethyl adjacent to an activating group) is 1. The molecule has 0 aliphatic carbocycles. The van der Waals surface area contributed by atoms with Gasteiger partial charge in [-0.05, 0) is 46.6 Å². The van der Waals surface area contributed by atoms with Gasteiger partial charge in [0.05, 0.1) is 4.47 Å². The van der Waals surface area contributed by atoms with E-state index in [0.29, 0.717) is 25.7 Å². The Labute approximate surface area is 135 Å². The number of halogens is 1. The lowest BCUT2D eigenvalue weighted by Crippen LogP contribution is -2.33. The largest absolute Gasteiger partial charge is 0.486 e. The van der Waals surface area contributed by atoms with Crippen molar-refractivity contribution < 1.29 is 9.47 Å². The van der Waals surface area contributed by atoms with Crippen molar-refractivity contribution in [3.8, 4) is 11.5 Å². The van der Waals surface area contributed by atoms with E-state index in [1.54, 1.807) is 0 Å². The fraction of sp³-hybridized carbons (Fsp3) is 0.625. The second kappa shape index (κ2) is 7.47. The third-order valence-corrected chi connectivity index (χ3v) is 4.64. The Kier molecular flexibility index (Phi) is 5.90. The lowest BCUT2D eigenvalue weighted by molar-refractivity contribution is 0.169. The molecule has 4 nitrogen and oxygen atoms in total. The summed E-state index contributed by atoms with van der Waals surface area (Å²) < 4.78 is 12.3. The minimum atomic E-state index is 0.186. The molecule has 1 aliphatic rings. The van der Waals surface area contributed by atoms with Gasteiger partial charge < -0.3 is 15.2 Å². The molecule has 5 heteroatoms. The maximum Gasteiger partial charge on any atom is 0.175 e. The van der Waals surface area contributed by atoms with Crippen LogP contribution in [0.2, 0.25) is 0 Å². The van der Waals surface area contributed by atoms with Crippen LogP contribution in [0.4, 0.5) is 0 Å². The van der Waals surface area contributed by atoms with Crippen LogP contribution in [0.25, 0.3) is 0 Å². The van der Waals surface area contributed by atoms with E-state index in [4.69, 9.17) is 15.2 Å². The molecule has 118 valence electrons. The molecule has 0 aromatic heterocycles. The molecule has 0 fully saturated rings. The molecule has 0 amide bonds. The monoisotopic (exact) mass is 356 g/mol. The minimum absolute atomic E-state index is 0.186. The summed E-state index contributed by atoms with van der Waals surface area (Å²) in [5.74, 6) is 2.26. The summed E-state index contributed by atoms with van der Waals surface area (Å²) in [6.45, 7) is 7.29. The molecule has 0 saturated heterocycles. The van der Waals surface area contributed by atoms with Crippen LogP contribution in [0, 0.1) is 5.92 Å². The van der Waals surface area contributed by atoms with Crippen LogP contribution in [0.3, 0.4) is 0 Å². The van der Waals surface area contributed by atoms with Gasteiger partial charge in [-0.15, -0.1) is 0 Å².